The number of rotatable bonds is 5. The van der Waals surface area contributed by atoms with Crippen LogP contribution >= 0.6 is 0 Å². The largest absolute Gasteiger partial charge is 0.256 e. The number of hydrogen-bond acceptors (Lipinski definition) is 5. The van der Waals surface area contributed by atoms with Crippen LogP contribution in [0.25, 0.3) is 89.0 Å². The Morgan fingerprint density at radius 2 is 1.04 bits per heavy atom. The minimum atomic E-state index is 0.641. The van der Waals surface area contributed by atoms with Gasteiger partial charge in [-0.2, -0.15) is 0 Å². The highest BCUT2D eigenvalue weighted by Crippen LogP contribution is 2.36. The SMILES string of the molecule is Cc1cc(-c2nc(-c3ccccc3)cc(-c3cccc(-c4cccc5cccnc45)c3)n2)c2ccc3ccc(-c4ccccc4)nc3c2n1. The fourth-order valence-corrected chi connectivity index (χ4v) is 6.61. The molecule has 0 aliphatic heterocycles. The maximum atomic E-state index is 5.26. The summed E-state index contributed by atoms with van der Waals surface area (Å²) in [5.74, 6) is 0.641. The molecule has 4 aromatic heterocycles. The zero-order valence-corrected chi connectivity index (χ0v) is 26.7. The maximum Gasteiger partial charge on any atom is 0.161 e. The fourth-order valence-electron chi connectivity index (χ4n) is 6.61. The van der Waals surface area contributed by atoms with Crippen LogP contribution in [0.5, 0.6) is 0 Å². The molecule has 5 heteroatoms. The Kier molecular flexibility index (Phi) is 6.95. The first kappa shape index (κ1) is 28.6. The van der Waals surface area contributed by atoms with E-state index in [1.54, 1.807) is 0 Å². The summed E-state index contributed by atoms with van der Waals surface area (Å²) in [5.41, 5.74) is 12.3. The van der Waals surface area contributed by atoms with Gasteiger partial charge in [-0.05, 0) is 42.8 Å². The van der Waals surface area contributed by atoms with Crippen molar-refractivity contribution in [2.24, 2.45) is 0 Å². The van der Waals surface area contributed by atoms with Crippen LogP contribution in [0, 0.1) is 6.92 Å². The number of aryl methyl sites for hydroxylation is 1. The van der Waals surface area contributed by atoms with Crippen molar-refractivity contribution < 1.29 is 0 Å². The molecule has 0 atom stereocenters. The number of benzene rings is 5. The summed E-state index contributed by atoms with van der Waals surface area (Å²) in [6.07, 6.45) is 1.85. The van der Waals surface area contributed by atoms with Gasteiger partial charge in [-0.1, -0.05) is 121 Å². The van der Waals surface area contributed by atoms with Crippen LogP contribution in [0.2, 0.25) is 0 Å². The summed E-state index contributed by atoms with van der Waals surface area (Å²) < 4.78 is 0. The molecule has 0 amide bonds. The van der Waals surface area contributed by atoms with Crippen LogP contribution in [-0.4, -0.2) is 24.9 Å². The van der Waals surface area contributed by atoms with Crippen LogP contribution in [0.4, 0.5) is 0 Å². The van der Waals surface area contributed by atoms with Gasteiger partial charge in [-0.15, -0.1) is 0 Å². The molecule has 0 fully saturated rings. The molecule has 4 heterocycles. The lowest BCUT2D eigenvalue weighted by molar-refractivity contribution is 1.17. The van der Waals surface area contributed by atoms with E-state index >= 15 is 0 Å². The molecule has 0 saturated heterocycles. The minimum absolute atomic E-state index is 0.641. The molecule has 5 nitrogen and oxygen atoms in total. The normalized spacial score (nSPS) is 11.4. The van der Waals surface area contributed by atoms with Gasteiger partial charge >= 0.3 is 0 Å². The molecular weight excluding hydrogens is 599 g/mol. The van der Waals surface area contributed by atoms with Crippen molar-refractivity contribution in [1.29, 1.82) is 0 Å². The highest BCUT2D eigenvalue weighted by atomic mass is 14.9. The first-order valence-corrected chi connectivity index (χ1v) is 16.3. The first-order valence-electron chi connectivity index (χ1n) is 16.3. The molecule has 0 aliphatic carbocycles. The summed E-state index contributed by atoms with van der Waals surface area (Å²) in [6.45, 7) is 2.02. The van der Waals surface area contributed by atoms with E-state index < -0.39 is 0 Å². The number of aromatic nitrogens is 5. The Morgan fingerprint density at radius 1 is 0.388 bits per heavy atom. The smallest absolute Gasteiger partial charge is 0.161 e. The molecule has 0 aliphatic rings. The number of hydrogen-bond donors (Lipinski definition) is 0. The number of fused-ring (bicyclic) bond motifs is 4. The molecule has 0 saturated carbocycles. The second-order valence-electron chi connectivity index (χ2n) is 12.2. The third-order valence-electron chi connectivity index (χ3n) is 8.98. The van der Waals surface area contributed by atoms with Crippen molar-refractivity contribution in [2.45, 2.75) is 6.92 Å². The first-order chi connectivity index (χ1) is 24.2. The van der Waals surface area contributed by atoms with Crippen LogP contribution in [0.15, 0.2) is 158 Å². The number of pyridine rings is 3. The molecule has 0 spiro atoms. The zero-order chi connectivity index (χ0) is 32.7. The van der Waals surface area contributed by atoms with E-state index in [0.717, 1.165) is 88.9 Å². The molecule has 0 radical (unpaired) electrons. The highest BCUT2D eigenvalue weighted by Gasteiger charge is 2.17. The van der Waals surface area contributed by atoms with E-state index in [4.69, 9.17) is 24.9 Å². The summed E-state index contributed by atoms with van der Waals surface area (Å²) in [5, 5.41) is 3.11. The Hall–Kier alpha value is -6.59. The van der Waals surface area contributed by atoms with Crippen LogP contribution < -0.4 is 0 Å². The Balaban J connectivity index is 1.25. The summed E-state index contributed by atoms with van der Waals surface area (Å²) in [7, 11) is 0. The lowest BCUT2D eigenvalue weighted by Gasteiger charge is -2.13. The van der Waals surface area contributed by atoms with E-state index in [2.05, 4.69) is 109 Å². The third kappa shape index (κ3) is 5.28. The van der Waals surface area contributed by atoms with Gasteiger partial charge in [0, 0.05) is 55.9 Å². The molecule has 5 aromatic carbocycles. The molecular formula is C44H29N5. The van der Waals surface area contributed by atoms with E-state index in [1.807, 2.05) is 55.6 Å². The second-order valence-corrected chi connectivity index (χ2v) is 12.2. The van der Waals surface area contributed by atoms with Crippen molar-refractivity contribution in [2.75, 3.05) is 0 Å². The molecule has 9 rings (SSSR count). The fraction of sp³-hybridized carbons (Fsp3) is 0.0227. The van der Waals surface area contributed by atoms with Crippen molar-refractivity contribution in [3.05, 3.63) is 164 Å². The zero-order valence-electron chi connectivity index (χ0n) is 26.7. The van der Waals surface area contributed by atoms with Gasteiger partial charge in [0.2, 0.25) is 0 Å². The van der Waals surface area contributed by atoms with Gasteiger partial charge in [-0.25, -0.2) is 15.0 Å². The van der Waals surface area contributed by atoms with E-state index in [-0.39, 0.29) is 0 Å². The van der Waals surface area contributed by atoms with E-state index in [9.17, 15) is 0 Å². The Morgan fingerprint density at radius 3 is 1.86 bits per heavy atom. The molecule has 9 aromatic rings. The maximum absolute atomic E-state index is 5.26. The Bertz CT molecular complexity index is 2660. The lowest BCUT2D eigenvalue weighted by Crippen LogP contribution is -1.99. The number of para-hydroxylation sites is 1. The average molecular weight is 628 g/mol. The predicted molar refractivity (Wildman–Crippen MR) is 200 cm³/mol. The third-order valence-corrected chi connectivity index (χ3v) is 8.98. The van der Waals surface area contributed by atoms with Crippen molar-refractivity contribution in [3.63, 3.8) is 0 Å². The van der Waals surface area contributed by atoms with Crippen LogP contribution in [0.3, 0.4) is 0 Å². The highest BCUT2D eigenvalue weighted by molar-refractivity contribution is 6.08. The van der Waals surface area contributed by atoms with Gasteiger partial charge in [0.1, 0.15) is 0 Å². The average Bonchev–Trinajstić information content (AvgIpc) is 3.17. The summed E-state index contributed by atoms with van der Waals surface area (Å²) in [4.78, 5) is 25.3. The Labute approximate surface area is 283 Å². The molecule has 230 valence electrons. The van der Waals surface area contributed by atoms with Gasteiger partial charge in [0.05, 0.1) is 33.6 Å². The van der Waals surface area contributed by atoms with Crippen molar-refractivity contribution in [1.82, 2.24) is 24.9 Å². The molecule has 0 unspecified atom stereocenters. The molecule has 0 bridgehead atoms. The predicted octanol–water partition coefficient (Wildman–Crippen LogP) is 10.8. The second kappa shape index (κ2) is 11.9. The van der Waals surface area contributed by atoms with Crippen molar-refractivity contribution >= 4 is 32.7 Å². The summed E-state index contributed by atoms with van der Waals surface area (Å²) >= 11 is 0. The van der Waals surface area contributed by atoms with Gasteiger partial charge in [0.15, 0.2) is 5.82 Å². The summed E-state index contributed by atoms with van der Waals surface area (Å²) in [6, 6.07) is 52.0. The van der Waals surface area contributed by atoms with Crippen LogP contribution in [0.1, 0.15) is 5.69 Å². The van der Waals surface area contributed by atoms with E-state index in [0.29, 0.717) is 5.82 Å². The van der Waals surface area contributed by atoms with Gasteiger partial charge in [-0.3, -0.25) is 9.97 Å². The lowest BCUT2D eigenvalue weighted by atomic mass is 9.98. The number of nitrogens with zero attached hydrogens (tertiary/aromatic N) is 5. The molecule has 0 N–H and O–H groups in total. The van der Waals surface area contributed by atoms with E-state index in [1.165, 1.54) is 0 Å². The van der Waals surface area contributed by atoms with Gasteiger partial charge < -0.3 is 0 Å². The van der Waals surface area contributed by atoms with Gasteiger partial charge in [0.25, 0.3) is 0 Å². The topological polar surface area (TPSA) is 64.5 Å². The molecule has 49 heavy (non-hydrogen) atoms. The van der Waals surface area contributed by atoms with Crippen molar-refractivity contribution in [3.8, 4) is 56.3 Å². The monoisotopic (exact) mass is 627 g/mol. The minimum Gasteiger partial charge on any atom is -0.256 e. The quantitative estimate of drug-likeness (QED) is 0.178. The standard InChI is InChI=1S/C44H29N5/c1-28-25-37(36-22-20-32-21-23-38(29-11-4-2-5-12-29)47-42(32)43(36)46-28)44-48-39(30-13-6-3-7-14-30)27-40(49-44)34-17-8-16-33(26-34)35-19-9-15-31-18-10-24-45-41(31)35/h2-27H,1H3. The van der Waals surface area contributed by atoms with Crippen LogP contribution in [-0.2, 0) is 0 Å².